The minimum absolute atomic E-state index is 0.0305. The quantitative estimate of drug-likeness (QED) is 0.830. The fraction of sp³-hybridized carbons (Fsp3) is 0.550. The Morgan fingerprint density at radius 3 is 2.48 bits per heavy atom. The van der Waals surface area contributed by atoms with Gasteiger partial charge in [0.15, 0.2) is 5.76 Å². The highest BCUT2D eigenvalue weighted by atomic mass is 16.7. The number of rotatable bonds is 6. The van der Waals surface area contributed by atoms with Crippen LogP contribution in [-0.4, -0.2) is 17.3 Å². The first-order valence-electron chi connectivity index (χ1n) is 9.14. The van der Waals surface area contributed by atoms with Gasteiger partial charge in [0.25, 0.3) is 5.91 Å². The molecule has 3 rings (SSSR count). The van der Waals surface area contributed by atoms with Crippen molar-refractivity contribution in [2.24, 2.45) is 17.6 Å². The van der Waals surface area contributed by atoms with E-state index in [2.05, 4.69) is 0 Å². The largest absolute Gasteiger partial charge is 0.459 e. The van der Waals surface area contributed by atoms with Crippen LogP contribution in [0.25, 0.3) is 0 Å². The van der Waals surface area contributed by atoms with Gasteiger partial charge in [-0.3, -0.25) is 4.79 Å². The normalized spacial score (nSPS) is 24.4. The number of aliphatic hydroxyl groups is 1. The minimum atomic E-state index is -0.526. The lowest BCUT2D eigenvalue weighted by Crippen LogP contribution is -2.33. The van der Waals surface area contributed by atoms with Crippen molar-refractivity contribution in [2.75, 3.05) is 0 Å². The van der Waals surface area contributed by atoms with Crippen molar-refractivity contribution in [1.82, 2.24) is 0 Å². The molecule has 1 aromatic carbocycles. The SMILES string of the molecule is NC(=O)C1=C[C@H](C2CCCCC2)C[C@H](OCc2ccc(CO)cc2)O1. The van der Waals surface area contributed by atoms with Gasteiger partial charge in [-0.2, -0.15) is 0 Å². The fourth-order valence-electron chi connectivity index (χ4n) is 3.78. The Balaban J connectivity index is 1.62. The Bertz CT molecular complexity index is 605. The minimum Gasteiger partial charge on any atom is -0.459 e. The molecule has 0 saturated heterocycles. The number of carbonyl (C=O) groups excluding carboxylic acids is 1. The van der Waals surface area contributed by atoms with Crippen LogP contribution >= 0.6 is 0 Å². The highest BCUT2D eigenvalue weighted by Crippen LogP contribution is 2.37. The monoisotopic (exact) mass is 345 g/mol. The smallest absolute Gasteiger partial charge is 0.283 e. The third-order valence-corrected chi connectivity index (χ3v) is 5.23. The van der Waals surface area contributed by atoms with Gasteiger partial charge in [0.05, 0.1) is 13.2 Å². The van der Waals surface area contributed by atoms with Gasteiger partial charge in [-0.05, 0) is 41.9 Å². The summed E-state index contributed by atoms with van der Waals surface area (Å²) in [5.41, 5.74) is 7.32. The van der Waals surface area contributed by atoms with E-state index in [0.717, 1.165) is 17.5 Å². The van der Waals surface area contributed by atoms with Crippen molar-refractivity contribution >= 4 is 5.91 Å². The molecule has 5 nitrogen and oxygen atoms in total. The second-order valence-electron chi connectivity index (χ2n) is 7.03. The van der Waals surface area contributed by atoms with Crippen LogP contribution in [0.1, 0.15) is 49.7 Å². The predicted octanol–water partition coefficient (Wildman–Crippen LogP) is 3.01. The number of ether oxygens (including phenoxy) is 2. The number of benzene rings is 1. The summed E-state index contributed by atoms with van der Waals surface area (Å²) in [6, 6.07) is 7.61. The average Bonchev–Trinajstić information content (AvgIpc) is 2.67. The fourth-order valence-corrected chi connectivity index (χ4v) is 3.78. The maximum absolute atomic E-state index is 11.6. The van der Waals surface area contributed by atoms with E-state index in [0.29, 0.717) is 18.4 Å². The van der Waals surface area contributed by atoms with E-state index < -0.39 is 12.2 Å². The molecule has 1 aliphatic carbocycles. The van der Waals surface area contributed by atoms with Crippen molar-refractivity contribution < 1.29 is 19.4 Å². The van der Waals surface area contributed by atoms with Gasteiger partial charge in [-0.15, -0.1) is 0 Å². The molecule has 0 radical (unpaired) electrons. The Morgan fingerprint density at radius 1 is 1.16 bits per heavy atom. The molecular formula is C20H27NO4. The van der Waals surface area contributed by atoms with Gasteiger partial charge in [-0.1, -0.05) is 43.5 Å². The number of nitrogens with two attached hydrogens (primary N) is 1. The Labute approximate surface area is 148 Å². The molecule has 136 valence electrons. The first-order chi connectivity index (χ1) is 12.2. The number of amides is 1. The summed E-state index contributed by atoms with van der Waals surface area (Å²) in [7, 11) is 0. The number of hydrogen-bond donors (Lipinski definition) is 2. The molecule has 1 fully saturated rings. The van der Waals surface area contributed by atoms with Gasteiger partial charge in [0.2, 0.25) is 6.29 Å². The lowest BCUT2D eigenvalue weighted by molar-refractivity contribution is -0.154. The summed E-state index contributed by atoms with van der Waals surface area (Å²) in [6.45, 7) is 0.433. The number of allylic oxidation sites excluding steroid dienone is 1. The zero-order valence-corrected chi connectivity index (χ0v) is 14.5. The molecule has 1 aliphatic heterocycles. The Hall–Kier alpha value is -1.85. The summed E-state index contributed by atoms with van der Waals surface area (Å²) < 4.78 is 11.6. The molecule has 3 N–H and O–H groups in total. The van der Waals surface area contributed by atoms with Gasteiger partial charge in [0.1, 0.15) is 0 Å². The van der Waals surface area contributed by atoms with Crippen LogP contribution in [0.2, 0.25) is 0 Å². The lowest BCUT2D eigenvalue weighted by Gasteiger charge is -2.34. The van der Waals surface area contributed by atoms with Crippen LogP contribution in [0.3, 0.4) is 0 Å². The van der Waals surface area contributed by atoms with Crippen LogP contribution < -0.4 is 5.73 Å². The van der Waals surface area contributed by atoms with Gasteiger partial charge in [0, 0.05) is 6.42 Å². The first kappa shape index (κ1) is 18.0. The van der Waals surface area contributed by atoms with E-state index in [1.54, 1.807) is 0 Å². The lowest BCUT2D eigenvalue weighted by atomic mass is 9.77. The van der Waals surface area contributed by atoms with Crippen LogP contribution in [0.15, 0.2) is 36.1 Å². The molecule has 0 unspecified atom stereocenters. The maximum atomic E-state index is 11.6. The molecule has 1 heterocycles. The molecule has 1 aromatic rings. The summed E-state index contributed by atoms with van der Waals surface area (Å²) in [4.78, 5) is 11.6. The Kier molecular flexibility index (Phi) is 6.10. The molecule has 1 amide bonds. The van der Waals surface area contributed by atoms with Crippen LogP contribution in [0.4, 0.5) is 0 Å². The molecular weight excluding hydrogens is 318 g/mol. The highest BCUT2D eigenvalue weighted by molar-refractivity contribution is 5.90. The second kappa shape index (κ2) is 8.50. The van der Waals surface area contributed by atoms with Crippen molar-refractivity contribution in [1.29, 1.82) is 0 Å². The van der Waals surface area contributed by atoms with Crippen molar-refractivity contribution in [3.63, 3.8) is 0 Å². The molecule has 5 heteroatoms. The third-order valence-electron chi connectivity index (χ3n) is 5.23. The van der Waals surface area contributed by atoms with Crippen LogP contribution in [0.5, 0.6) is 0 Å². The van der Waals surface area contributed by atoms with Gasteiger partial charge < -0.3 is 20.3 Å². The highest BCUT2D eigenvalue weighted by Gasteiger charge is 2.32. The molecule has 0 aromatic heterocycles. The van der Waals surface area contributed by atoms with E-state index >= 15 is 0 Å². The summed E-state index contributed by atoms with van der Waals surface area (Å²) in [5.74, 6) is 0.587. The number of carbonyl (C=O) groups is 1. The van der Waals surface area contributed by atoms with E-state index in [1.807, 2.05) is 30.3 Å². The van der Waals surface area contributed by atoms with Crippen LogP contribution in [0, 0.1) is 11.8 Å². The standard InChI is InChI=1S/C20H27NO4/c21-20(23)18-10-17(16-4-2-1-3-5-16)11-19(25-18)24-13-15-8-6-14(12-22)7-9-15/h6-10,16-17,19,22H,1-5,11-13H2,(H2,21,23)/t17-,19+/m0/s1. The molecule has 0 spiro atoms. The average molecular weight is 345 g/mol. The van der Waals surface area contributed by atoms with Gasteiger partial charge in [-0.25, -0.2) is 0 Å². The topological polar surface area (TPSA) is 81.8 Å². The molecule has 2 aliphatic rings. The molecule has 0 bridgehead atoms. The van der Waals surface area contributed by atoms with E-state index in [9.17, 15) is 4.79 Å². The number of primary amides is 1. The van der Waals surface area contributed by atoms with Crippen LogP contribution in [-0.2, 0) is 27.5 Å². The maximum Gasteiger partial charge on any atom is 0.283 e. The Morgan fingerprint density at radius 2 is 1.84 bits per heavy atom. The van der Waals surface area contributed by atoms with E-state index in [1.165, 1.54) is 32.1 Å². The molecule has 2 atom stereocenters. The van der Waals surface area contributed by atoms with Gasteiger partial charge >= 0.3 is 0 Å². The van der Waals surface area contributed by atoms with E-state index in [4.69, 9.17) is 20.3 Å². The molecule has 25 heavy (non-hydrogen) atoms. The summed E-state index contributed by atoms with van der Waals surface area (Å²) in [5, 5.41) is 9.10. The van der Waals surface area contributed by atoms with Crippen molar-refractivity contribution in [3.8, 4) is 0 Å². The predicted molar refractivity (Wildman–Crippen MR) is 94.0 cm³/mol. The zero-order chi connectivity index (χ0) is 17.6. The van der Waals surface area contributed by atoms with E-state index in [-0.39, 0.29) is 12.4 Å². The first-order valence-corrected chi connectivity index (χ1v) is 9.14. The summed E-state index contributed by atoms with van der Waals surface area (Å²) >= 11 is 0. The van der Waals surface area contributed by atoms with Crippen molar-refractivity contribution in [2.45, 2.75) is 58.0 Å². The number of hydrogen-bond acceptors (Lipinski definition) is 4. The summed E-state index contributed by atoms with van der Waals surface area (Å²) in [6.07, 6.45) is 8.43. The zero-order valence-electron chi connectivity index (χ0n) is 14.5. The molecule has 1 saturated carbocycles. The third kappa shape index (κ3) is 4.83. The van der Waals surface area contributed by atoms with Crippen molar-refractivity contribution in [3.05, 3.63) is 47.2 Å². The number of aliphatic hydroxyl groups excluding tert-OH is 1. The second-order valence-corrected chi connectivity index (χ2v) is 7.03.